The molecule has 3 heterocycles. The second-order valence-corrected chi connectivity index (χ2v) is 8.57. The van der Waals surface area contributed by atoms with E-state index in [0.717, 1.165) is 18.1 Å². The molecule has 0 aliphatic carbocycles. The van der Waals surface area contributed by atoms with Crippen molar-refractivity contribution in [1.29, 1.82) is 5.41 Å². The van der Waals surface area contributed by atoms with Crippen molar-refractivity contribution in [3.8, 4) is 11.1 Å². The molecule has 4 rings (SSSR count). The normalized spacial score (nSPS) is 17.4. The largest absolute Gasteiger partial charge is 0.291 e. The minimum atomic E-state index is 0.0332. The highest BCUT2D eigenvalue weighted by atomic mass is 32.1. The third-order valence-electron chi connectivity index (χ3n) is 5.07. The van der Waals surface area contributed by atoms with Crippen LogP contribution in [0, 0.1) is 26.2 Å². The molecule has 0 spiro atoms. The average Bonchev–Trinajstić information content (AvgIpc) is 2.78. The fraction of sp³-hybridized carbons (Fsp3) is 0.368. The fourth-order valence-corrected chi connectivity index (χ4v) is 5.00. The zero-order valence-corrected chi connectivity index (χ0v) is 15.1. The van der Waals surface area contributed by atoms with Gasteiger partial charge in [0.25, 0.3) is 0 Å². The predicted octanol–water partition coefficient (Wildman–Crippen LogP) is 4.81. The van der Waals surface area contributed by atoms with E-state index >= 15 is 0 Å². The molecule has 0 unspecified atom stereocenters. The zero-order chi connectivity index (χ0) is 16.5. The third-order valence-corrected chi connectivity index (χ3v) is 6.08. The van der Waals surface area contributed by atoms with E-state index in [-0.39, 0.29) is 5.41 Å². The minimum Gasteiger partial charge on any atom is -0.291 e. The molecule has 3 nitrogen and oxygen atoms in total. The van der Waals surface area contributed by atoms with Crippen molar-refractivity contribution < 1.29 is 0 Å². The molecule has 4 heteroatoms. The highest BCUT2D eigenvalue weighted by molar-refractivity contribution is 7.13. The van der Waals surface area contributed by atoms with Gasteiger partial charge in [0.1, 0.15) is 5.84 Å². The summed E-state index contributed by atoms with van der Waals surface area (Å²) < 4.78 is 0. The van der Waals surface area contributed by atoms with Crippen molar-refractivity contribution >= 4 is 29.2 Å². The molecular formula is C19H21N3S. The lowest BCUT2D eigenvalue weighted by Crippen LogP contribution is -2.41. The molecule has 0 bridgehead atoms. The van der Waals surface area contributed by atoms with Gasteiger partial charge < -0.3 is 0 Å². The minimum absolute atomic E-state index is 0.0332. The Labute approximate surface area is 141 Å². The second-order valence-electron chi connectivity index (χ2n) is 7.14. The molecule has 23 heavy (non-hydrogen) atoms. The van der Waals surface area contributed by atoms with Crippen molar-refractivity contribution in [3.63, 3.8) is 0 Å². The number of nitrogens with one attached hydrogen (secondary N) is 1. The number of fused-ring (bicyclic) bond motifs is 2. The number of thiophene rings is 1. The Morgan fingerprint density at radius 1 is 1.13 bits per heavy atom. The summed E-state index contributed by atoms with van der Waals surface area (Å²) in [5, 5.41) is 7.98. The highest BCUT2D eigenvalue weighted by Crippen LogP contribution is 2.51. The van der Waals surface area contributed by atoms with Gasteiger partial charge in [-0.2, -0.15) is 0 Å². The van der Waals surface area contributed by atoms with Crippen LogP contribution in [0.25, 0.3) is 11.1 Å². The van der Waals surface area contributed by atoms with Crippen molar-refractivity contribution in [1.82, 2.24) is 0 Å². The molecule has 1 aromatic carbocycles. The summed E-state index contributed by atoms with van der Waals surface area (Å²) in [6, 6.07) is 4.50. The first kappa shape index (κ1) is 14.6. The maximum absolute atomic E-state index is 7.98. The van der Waals surface area contributed by atoms with Gasteiger partial charge in [0.15, 0.2) is 0 Å². The number of benzene rings is 1. The summed E-state index contributed by atoms with van der Waals surface area (Å²) in [7, 11) is 0. The van der Waals surface area contributed by atoms with Crippen LogP contribution in [0.1, 0.15) is 40.3 Å². The maximum Gasteiger partial charge on any atom is 0.141 e. The van der Waals surface area contributed by atoms with E-state index in [1.807, 2.05) is 16.2 Å². The Bertz CT molecular complexity index is 887. The Hall–Kier alpha value is -1.94. The molecule has 1 N–H and O–H groups in total. The Balaban J connectivity index is 2.20. The second kappa shape index (κ2) is 4.54. The molecule has 0 fully saturated rings. The molecule has 2 aliphatic heterocycles. The highest BCUT2D eigenvalue weighted by Gasteiger charge is 2.39. The number of amidine groups is 1. The van der Waals surface area contributed by atoms with Gasteiger partial charge in [-0.15, -0.1) is 11.3 Å². The third kappa shape index (κ3) is 1.75. The van der Waals surface area contributed by atoms with Gasteiger partial charge in [0, 0.05) is 26.3 Å². The summed E-state index contributed by atoms with van der Waals surface area (Å²) in [6.45, 7) is 11.8. The molecule has 1 aromatic heterocycles. The van der Waals surface area contributed by atoms with Crippen molar-refractivity contribution in [2.24, 2.45) is 4.99 Å². The van der Waals surface area contributed by atoms with Gasteiger partial charge in [-0.25, -0.2) is 0 Å². The van der Waals surface area contributed by atoms with Gasteiger partial charge in [0.2, 0.25) is 0 Å². The van der Waals surface area contributed by atoms with Crippen LogP contribution >= 0.6 is 11.3 Å². The summed E-state index contributed by atoms with van der Waals surface area (Å²) in [5.41, 5.74) is 7.67. The molecule has 118 valence electrons. The number of hydrogen-bond donors (Lipinski definition) is 1. The maximum atomic E-state index is 7.98. The number of nitrogens with zero attached hydrogens (tertiary/aromatic N) is 2. The molecule has 2 aliphatic rings. The van der Waals surface area contributed by atoms with Crippen molar-refractivity contribution in [3.05, 3.63) is 38.6 Å². The summed E-state index contributed by atoms with van der Waals surface area (Å²) in [6.07, 6.45) is 1.42. The molecule has 0 atom stereocenters. The summed E-state index contributed by atoms with van der Waals surface area (Å²) in [4.78, 5) is 9.45. The van der Waals surface area contributed by atoms with Crippen LogP contribution in [0.5, 0.6) is 0 Å². The van der Waals surface area contributed by atoms with E-state index in [4.69, 9.17) is 10.4 Å². The van der Waals surface area contributed by atoms with Crippen LogP contribution < -0.4 is 4.90 Å². The monoisotopic (exact) mass is 323 g/mol. The van der Waals surface area contributed by atoms with Crippen LogP contribution in [-0.2, 0) is 5.41 Å². The summed E-state index contributed by atoms with van der Waals surface area (Å²) in [5.74, 6) is 0.946. The lowest BCUT2D eigenvalue weighted by atomic mass is 9.74. The van der Waals surface area contributed by atoms with E-state index in [1.54, 1.807) is 0 Å². The van der Waals surface area contributed by atoms with Crippen LogP contribution in [-0.4, -0.2) is 18.7 Å². The Morgan fingerprint density at radius 2 is 1.87 bits per heavy atom. The van der Waals surface area contributed by atoms with Gasteiger partial charge in [-0.05, 0) is 37.5 Å². The first-order chi connectivity index (χ1) is 10.9. The molecule has 2 aromatic rings. The van der Waals surface area contributed by atoms with Crippen LogP contribution in [0.15, 0.2) is 17.1 Å². The van der Waals surface area contributed by atoms with E-state index in [9.17, 15) is 0 Å². The van der Waals surface area contributed by atoms with Crippen LogP contribution in [0.4, 0.5) is 5.69 Å². The van der Waals surface area contributed by atoms with Gasteiger partial charge in [0.05, 0.1) is 18.6 Å². The van der Waals surface area contributed by atoms with Crippen molar-refractivity contribution in [2.75, 3.05) is 11.4 Å². The molecule has 0 radical (unpaired) electrons. The molecule has 0 saturated carbocycles. The quantitative estimate of drug-likeness (QED) is 0.594. The lowest BCUT2D eigenvalue weighted by Gasteiger charge is -2.39. The first-order valence-electron chi connectivity index (χ1n) is 7.96. The number of aryl methyl sites for hydroxylation is 3. The van der Waals surface area contributed by atoms with Gasteiger partial charge >= 0.3 is 0 Å². The number of rotatable bonds is 1. The number of anilines is 1. The van der Waals surface area contributed by atoms with Crippen molar-refractivity contribution in [2.45, 2.75) is 40.0 Å². The average molecular weight is 323 g/mol. The van der Waals surface area contributed by atoms with Crippen LogP contribution in [0.2, 0.25) is 0 Å². The number of hydrogen-bond acceptors (Lipinski definition) is 3. The Morgan fingerprint density at radius 3 is 2.57 bits per heavy atom. The molecule has 0 saturated heterocycles. The smallest absolute Gasteiger partial charge is 0.141 e. The van der Waals surface area contributed by atoms with E-state index < -0.39 is 0 Å². The predicted molar refractivity (Wildman–Crippen MR) is 99.7 cm³/mol. The molecule has 0 amide bonds. The van der Waals surface area contributed by atoms with Crippen LogP contribution in [0.3, 0.4) is 0 Å². The lowest BCUT2D eigenvalue weighted by molar-refractivity contribution is 0.531. The van der Waals surface area contributed by atoms with E-state index in [2.05, 4.69) is 46.8 Å². The van der Waals surface area contributed by atoms with Gasteiger partial charge in [-0.1, -0.05) is 26.0 Å². The zero-order valence-electron chi connectivity index (χ0n) is 14.2. The Kier molecular flexibility index (Phi) is 2.89. The van der Waals surface area contributed by atoms with E-state index in [0.29, 0.717) is 0 Å². The van der Waals surface area contributed by atoms with Gasteiger partial charge in [-0.3, -0.25) is 15.3 Å². The summed E-state index contributed by atoms with van der Waals surface area (Å²) >= 11 is 1.82. The first-order valence-corrected chi connectivity index (χ1v) is 8.77. The SMILES string of the molecule is Cc1ccc2c3c1-c1c(C)sc(C)c1N(C=N)C3=NCC2(C)C. The molecular weight excluding hydrogens is 302 g/mol. The van der Waals surface area contributed by atoms with E-state index in [1.165, 1.54) is 43.9 Å². The standard InChI is InChI=1S/C19H21N3S/c1-10-6-7-13-16-14(10)15-11(2)23-12(3)17(15)22(9-20)18(16)21-8-19(13,4)5/h6-7,9,20H,8H2,1-5H3. The number of aliphatic imine (C=N–C) groups is 1. The fourth-order valence-electron chi connectivity index (χ4n) is 3.95. The topological polar surface area (TPSA) is 39.5 Å².